The lowest BCUT2D eigenvalue weighted by atomic mass is 10.0. The number of nitrogens with one attached hydrogen (secondary N) is 1. The number of aliphatic hydroxyl groups is 1. The van der Waals surface area contributed by atoms with Crippen LogP contribution in [0.3, 0.4) is 0 Å². The zero-order valence-electron chi connectivity index (χ0n) is 13.0. The number of carbonyl (C=O) groups is 1. The zero-order chi connectivity index (χ0) is 16.4. The zero-order valence-corrected chi connectivity index (χ0v) is 13.9. The standard InChI is InChI=1S/C18H18N2O2S/c1-12-8-9-13-5-3-6-14(16(13)20-12)17(21)19-11-18(2,22)15-7-4-10-23-15/h3-10,22H,11H2,1-2H3,(H,19,21). The van der Waals surface area contributed by atoms with Crippen molar-refractivity contribution in [2.75, 3.05) is 6.54 Å². The van der Waals surface area contributed by atoms with Crippen LogP contribution in [0.2, 0.25) is 0 Å². The highest BCUT2D eigenvalue weighted by Crippen LogP contribution is 2.24. The Balaban J connectivity index is 1.83. The second-order valence-electron chi connectivity index (χ2n) is 5.76. The van der Waals surface area contributed by atoms with Gasteiger partial charge in [0.2, 0.25) is 0 Å². The molecule has 0 aliphatic rings. The molecule has 0 saturated heterocycles. The fraction of sp³-hybridized carbons (Fsp3) is 0.222. The van der Waals surface area contributed by atoms with Crippen molar-refractivity contribution in [1.29, 1.82) is 0 Å². The van der Waals surface area contributed by atoms with E-state index in [0.717, 1.165) is 16.0 Å². The average Bonchev–Trinajstić information content (AvgIpc) is 3.07. The highest BCUT2D eigenvalue weighted by atomic mass is 32.1. The normalized spacial score (nSPS) is 13.7. The van der Waals surface area contributed by atoms with E-state index in [1.165, 1.54) is 11.3 Å². The lowest BCUT2D eigenvalue weighted by molar-refractivity contribution is 0.0557. The minimum absolute atomic E-state index is 0.147. The van der Waals surface area contributed by atoms with Gasteiger partial charge in [-0.2, -0.15) is 0 Å². The molecule has 0 aliphatic carbocycles. The van der Waals surface area contributed by atoms with Crippen molar-refractivity contribution in [3.05, 3.63) is 64.0 Å². The number of hydrogen-bond donors (Lipinski definition) is 2. The third kappa shape index (κ3) is 3.25. The summed E-state index contributed by atoms with van der Waals surface area (Å²) in [6.07, 6.45) is 0. The lowest BCUT2D eigenvalue weighted by Crippen LogP contribution is -2.38. The number of thiophene rings is 1. The van der Waals surface area contributed by atoms with Gasteiger partial charge in [-0.25, -0.2) is 0 Å². The van der Waals surface area contributed by atoms with Crippen LogP contribution in [0, 0.1) is 6.92 Å². The number of para-hydroxylation sites is 1. The van der Waals surface area contributed by atoms with Gasteiger partial charge in [0.25, 0.3) is 5.91 Å². The third-order valence-corrected chi connectivity index (χ3v) is 4.87. The molecule has 1 atom stereocenters. The number of benzene rings is 1. The molecule has 0 bridgehead atoms. The maximum Gasteiger partial charge on any atom is 0.253 e. The van der Waals surface area contributed by atoms with Gasteiger partial charge in [0, 0.05) is 16.0 Å². The molecule has 118 valence electrons. The first-order valence-electron chi connectivity index (χ1n) is 7.38. The molecule has 3 aromatic rings. The molecule has 1 amide bonds. The van der Waals surface area contributed by atoms with Gasteiger partial charge >= 0.3 is 0 Å². The largest absolute Gasteiger partial charge is 0.383 e. The SMILES string of the molecule is Cc1ccc2cccc(C(=O)NCC(C)(O)c3cccs3)c2n1. The molecule has 0 radical (unpaired) electrons. The summed E-state index contributed by atoms with van der Waals surface area (Å²) in [4.78, 5) is 17.8. The quantitative estimate of drug-likeness (QED) is 0.774. The summed E-state index contributed by atoms with van der Waals surface area (Å²) >= 11 is 1.47. The van der Waals surface area contributed by atoms with Crippen molar-refractivity contribution in [2.24, 2.45) is 0 Å². The van der Waals surface area contributed by atoms with Crippen LogP contribution in [-0.2, 0) is 5.60 Å². The van der Waals surface area contributed by atoms with E-state index in [4.69, 9.17) is 0 Å². The molecular formula is C18H18N2O2S. The second kappa shape index (κ2) is 6.10. The van der Waals surface area contributed by atoms with Crippen molar-refractivity contribution in [3.8, 4) is 0 Å². The van der Waals surface area contributed by atoms with Gasteiger partial charge in [-0.1, -0.05) is 24.3 Å². The molecule has 0 saturated carbocycles. The number of aryl methyl sites for hydroxylation is 1. The summed E-state index contributed by atoms with van der Waals surface area (Å²) in [6.45, 7) is 3.74. The Morgan fingerprint density at radius 1 is 1.26 bits per heavy atom. The van der Waals surface area contributed by atoms with Crippen LogP contribution < -0.4 is 5.32 Å². The number of pyridine rings is 1. The van der Waals surface area contributed by atoms with Crippen LogP contribution in [0.4, 0.5) is 0 Å². The number of nitrogens with zero attached hydrogens (tertiary/aromatic N) is 1. The Morgan fingerprint density at radius 3 is 2.83 bits per heavy atom. The van der Waals surface area contributed by atoms with Crippen molar-refractivity contribution < 1.29 is 9.90 Å². The Kier molecular flexibility index (Phi) is 4.15. The minimum atomic E-state index is -1.09. The fourth-order valence-corrected chi connectivity index (χ4v) is 3.23. The van der Waals surface area contributed by atoms with Crippen molar-refractivity contribution in [2.45, 2.75) is 19.4 Å². The molecule has 4 nitrogen and oxygen atoms in total. The van der Waals surface area contributed by atoms with E-state index in [1.807, 2.05) is 48.7 Å². The number of hydrogen-bond acceptors (Lipinski definition) is 4. The highest BCUT2D eigenvalue weighted by molar-refractivity contribution is 7.10. The van der Waals surface area contributed by atoms with E-state index in [0.29, 0.717) is 11.1 Å². The van der Waals surface area contributed by atoms with Crippen LogP contribution in [-0.4, -0.2) is 22.5 Å². The summed E-state index contributed by atoms with van der Waals surface area (Å²) in [6, 6.07) is 13.1. The molecular weight excluding hydrogens is 308 g/mol. The van der Waals surface area contributed by atoms with E-state index in [-0.39, 0.29) is 12.5 Å². The maximum absolute atomic E-state index is 12.5. The summed E-state index contributed by atoms with van der Waals surface area (Å²) < 4.78 is 0. The molecule has 0 spiro atoms. The summed E-state index contributed by atoms with van der Waals surface area (Å²) in [5.41, 5.74) is 0.981. The van der Waals surface area contributed by atoms with E-state index < -0.39 is 5.60 Å². The molecule has 1 unspecified atom stereocenters. The van der Waals surface area contributed by atoms with Crippen LogP contribution in [0.25, 0.3) is 10.9 Å². The Morgan fingerprint density at radius 2 is 2.09 bits per heavy atom. The van der Waals surface area contributed by atoms with Crippen LogP contribution >= 0.6 is 11.3 Å². The van der Waals surface area contributed by atoms with Gasteiger partial charge in [-0.05, 0) is 37.4 Å². The first-order chi connectivity index (χ1) is 11.0. The number of fused-ring (bicyclic) bond motifs is 1. The second-order valence-corrected chi connectivity index (χ2v) is 6.71. The number of rotatable bonds is 4. The maximum atomic E-state index is 12.5. The molecule has 3 rings (SSSR count). The Hall–Kier alpha value is -2.24. The van der Waals surface area contributed by atoms with Gasteiger partial charge in [0.05, 0.1) is 17.6 Å². The van der Waals surface area contributed by atoms with Crippen LogP contribution in [0.5, 0.6) is 0 Å². The van der Waals surface area contributed by atoms with Crippen LogP contribution in [0.15, 0.2) is 47.8 Å². The van der Waals surface area contributed by atoms with Gasteiger partial charge in [-0.3, -0.25) is 9.78 Å². The molecule has 2 aromatic heterocycles. The first-order valence-corrected chi connectivity index (χ1v) is 8.26. The molecule has 2 N–H and O–H groups in total. The predicted molar refractivity (Wildman–Crippen MR) is 92.7 cm³/mol. The van der Waals surface area contributed by atoms with Crippen LogP contribution in [0.1, 0.15) is 27.9 Å². The number of carbonyl (C=O) groups excluding carboxylic acids is 1. The van der Waals surface area contributed by atoms with E-state index in [9.17, 15) is 9.90 Å². The van der Waals surface area contributed by atoms with Crippen molar-refractivity contribution in [1.82, 2.24) is 10.3 Å². The summed E-state index contributed by atoms with van der Waals surface area (Å²) in [7, 11) is 0. The molecule has 2 heterocycles. The average molecular weight is 326 g/mol. The topological polar surface area (TPSA) is 62.2 Å². The molecule has 23 heavy (non-hydrogen) atoms. The first kappa shape index (κ1) is 15.6. The number of amides is 1. The molecule has 0 fully saturated rings. The highest BCUT2D eigenvalue weighted by Gasteiger charge is 2.25. The van der Waals surface area contributed by atoms with Gasteiger partial charge < -0.3 is 10.4 Å². The summed E-state index contributed by atoms with van der Waals surface area (Å²) in [5, 5.41) is 16.2. The summed E-state index contributed by atoms with van der Waals surface area (Å²) in [5.74, 6) is -0.231. The Labute approximate surface area is 138 Å². The van der Waals surface area contributed by atoms with Crippen molar-refractivity contribution in [3.63, 3.8) is 0 Å². The third-order valence-electron chi connectivity index (χ3n) is 3.75. The molecule has 1 aromatic carbocycles. The van der Waals surface area contributed by atoms with Crippen molar-refractivity contribution >= 4 is 28.1 Å². The molecule has 0 aliphatic heterocycles. The van der Waals surface area contributed by atoms with E-state index >= 15 is 0 Å². The van der Waals surface area contributed by atoms with Gasteiger partial charge in [-0.15, -0.1) is 11.3 Å². The molecule has 5 heteroatoms. The smallest absolute Gasteiger partial charge is 0.253 e. The number of aromatic nitrogens is 1. The van der Waals surface area contributed by atoms with Gasteiger partial charge in [0.15, 0.2) is 0 Å². The fourth-order valence-electron chi connectivity index (χ4n) is 2.45. The van der Waals surface area contributed by atoms with E-state index in [2.05, 4.69) is 10.3 Å². The predicted octanol–water partition coefficient (Wildman–Crippen LogP) is 3.24. The van der Waals surface area contributed by atoms with Gasteiger partial charge in [0.1, 0.15) is 5.60 Å². The van der Waals surface area contributed by atoms with E-state index in [1.54, 1.807) is 13.0 Å². The Bertz CT molecular complexity index is 841. The minimum Gasteiger partial charge on any atom is -0.383 e. The lowest BCUT2D eigenvalue weighted by Gasteiger charge is -2.22. The monoisotopic (exact) mass is 326 g/mol.